The normalized spacial score (nSPS) is 30.3. The number of hydrogen-bond acceptors (Lipinski definition) is 3. The van der Waals surface area contributed by atoms with Crippen LogP contribution < -0.4 is 11.1 Å². The lowest BCUT2D eigenvalue weighted by Gasteiger charge is -2.23. The monoisotopic (exact) mass is 307 g/mol. The molecule has 6 heteroatoms. The molecule has 2 heterocycles. The third kappa shape index (κ3) is 3.72. The van der Waals surface area contributed by atoms with Gasteiger partial charge in [-0.1, -0.05) is 6.92 Å². The molecule has 124 valence electrons. The molecule has 0 bridgehead atoms. The van der Waals surface area contributed by atoms with Crippen molar-refractivity contribution in [1.29, 1.82) is 0 Å². The van der Waals surface area contributed by atoms with Crippen LogP contribution in [-0.2, 0) is 4.79 Å². The third-order valence-electron chi connectivity index (χ3n) is 5.17. The van der Waals surface area contributed by atoms with Gasteiger partial charge in [0.15, 0.2) is 5.96 Å². The zero-order chi connectivity index (χ0) is 15.5. The first-order valence-corrected chi connectivity index (χ1v) is 8.74. The smallest absolute Gasteiger partial charge is 0.223 e. The number of likely N-dealkylation sites (N-methyl/N-ethyl adjacent to an activating group) is 1. The fraction of sp³-hybridized carbons (Fsp3) is 0.875. The number of nitrogens with one attached hydrogen (secondary N) is 1. The zero-order valence-corrected chi connectivity index (χ0v) is 13.6. The van der Waals surface area contributed by atoms with Crippen molar-refractivity contribution < 1.29 is 4.79 Å². The SMILES string of the molecule is CCN1CCCC1CNC(N)=NCC1CC(=O)N(C2CC2)C1. The van der Waals surface area contributed by atoms with Crippen LogP contribution in [0.3, 0.4) is 0 Å². The molecule has 0 aromatic carbocycles. The van der Waals surface area contributed by atoms with E-state index in [1.54, 1.807) is 0 Å². The zero-order valence-electron chi connectivity index (χ0n) is 13.6. The van der Waals surface area contributed by atoms with E-state index in [9.17, 15) is 4.79 Å². The predicted octanol–water partition coefficient (Wildman–Crippen LogP) is 0.386. The number of hydrogen-bond donors (Lipinski definition) is 2. The molecule has 0 aromatic heterocycles. The Balaban J connectivity index is 1.40. The molecular formula is C16H29N5O. The summed E-state index contributed by atoms with van der Waals surface area (Å²) in [5, 5.41) is 3.26. The van der Waals surface area contributed by atoms with Gasteiger partial charge in [-0.25, -0.2) is 0 Å². The van der Waals surface area contributed by atoms with Crippen LogP contribution >= 0.6 is 0 Å². The Morgan fingerprint density at radius 3 is 2.95 bits per heavy atom. The van der Waals surface area contributed by atoms with E-state index in [0.717, 1.165) is 19.6 Å². The van der Waals surface area contributed by atoms with Gasteiger partial charge in [0.25, 0.3) is 0 Å². The summed E-state index contributed by atoms with van der Waals surface area (Å²) in [6.07, 6.45) is 5.51. The van der Waals surface area contributed by atoms with E-state index in [4.69, 9.17) is 5.73 Å². The van der Waals surface area contributed by atoms with E-state index in [0.29, 0.717) is 42.8 Å². The summed E-state index contributed by atoms with van der Waals surface area (Å²) >= 11 is 0. The molecular weight excluding hydrogens is 278 g/mol. The maximum absolute atomic E-state index is 11.9. The summed E-state index contributed by atoms with van der Waals surface area (Å²) in [6, 6.07) is 1.11. The molecule has 2 unspecified atom stereocenters. The molecule has 2 aliphatic heterocycles. The fourth-order valence-corrected chi connectivity index (χ4v) is 3.72. The van der Waals surface area contributed by atoms with E-state index in [1.165, 1.54) is 32.2 Å². The Hall–Kier alpha value is -1.30. The van der Waals surface area contributed by atoms with Crippen molar-refractivity contribution in [2.24, 2.45) is 16.6 Å². The number of guanidine groups is 1. The first kappa shape index (κ1) is 15.6. The number of amides is 1. The van der Waals surface area contributed by atoms with Crippen molar-refractivity contribution >= 4 is 11.9 Å². The molecule has 2 saturated heterocycles. The first-order chi connectivity index (χ1) is 10.7. The molecule has 3 fully saturated rings. The lowest BCUT2D eigenvalue weighted by molar-refractivity contribution is -0.128. The highest BCUT2D eigenvalue weighted by atomic mass is 16.2. The number of carbonyl (C=O) groups is 1. The van der Waals surface area contributed by atoms with Gasteiger partial charge < -0.3 is 16.0 Å². The van der Waals surface area contributed by atoms with Crippen LogP contribution in [0.4, 0.5) is 0 Å². The van der Waals surface area contributed by atoms with Crippen LogP contribution in [0, 0.1) is 5.92 Å². The topological polar surface area (TPSA) is 74.0 Å². The Bertz CT molecular complexity index is 434. The summed E-state index contributed by atoms with van der Waals surface area (Å²) in [7, 11) is 0. The Morgan fingerprint density at radius 2 is 2.23 bits per heavy atom. The lowest BCUT2D eigenvalue weighted by Crippen LogP contribution is -2.43. The van der Waals surface area contributed by atoms with Gasteiger partial charge in [0, 0.05) is 44.1 Å². The molecule has 1 amide bonds. The Labute approximate surface area is 133 Å². The van der Waals surface area contributed by atoms with E-state index in [-0.39, 0.29) is 0 Å². The molecule has 0 radical (unpaired) electrons. The van der Waals surface area contributed by atoms with Gasteiger partial charge in [-0.2, -0.15) is 0 Å². The molecule has 3 rings (SSSR count). The first-order valence-electron chi connectivity index (χ1n) is 8.74. The van der Waals surface area contributed by atoms with Crippen molar-refractivity contribution in [3.05, 3.63) is 0 Å². The summed E-state index contributed by atoms with van der Waals surface area (Å²) < 4.78 is 0. The minimum atomic E-state index is 0.304. The number of aliphatic imine (C=N–C) groups is 1. The van der Waals surface area contributed by atoms with Gasteiger partial charge in [0.05, 0.1) is 0 Å². The number of carbonyl (C=O) groups excluding carboxylic acids is 1. The van der Waals surface area contributed by atoms with Crippen LogP contribution in [0.15, 0.2) is 4.99 Å². The molecule has 22 heavy (non-hydrogen) atoms. The van der Waals surface area contributed by atoms with E-state index >= 15 is 0 Å². The lowest BCUT2D eigenvalue weighted by atomic mass is 10.1. The molecule has 1 saturated carbocycles. The van der Waals surface area contributed by atoms with Crippen LogP contribution in [0.2, 0.25) is 0 Å². The Kier molecular flexibility index (Phi) is 4.86. The fourth-order valence-electron chi connectivity index (χ4n) is 3.72. The van der Waals surface area contributed by atoms with Gasteiger partial charge >= 0.3 is 0 Å². The van der Waals surface area contributed by atoms with Gasteiger partial charge in [0.2, 0.25) is 5.91 Å². The summed E-state index contributed by atoms with van der Waals surface area (Å²) in [4.78, 5) is 20.9. The molecule has 2 atom stereocenters. The average molecular weight is 307 g/mol. The van der Waals surface area contributed by atoms with E-state index in [1.807, 2.05) is 4.90 Å². The number of likely N-dealkylation sites (tertiary alicyclic amines) is 2. The quantitative estimate of drug-likeness (QED) is 0.550. The average Bonchev–Trinajstić information content (AvgIpc) is 3.13. The highest BCUT2D eigenvalue weighted by Crippen LogP contribution is 2.32. The van der Waals surface area contributed by atoms with Crippen molar-refractivity contribution in [2.45, 2.75) is 51.1 Å². The van der Waals surface area contributed by atoms with E-state index in [2.05, 4.69) is 22.1 Å². The maximum Gasteiger partial charge on any atom is 0.223 e. The van der Waals surface area contributed by atoms with Crippen molar-refractivity contribution in [1.82, 2.24) is 15.1 Å². The van der Waals surface area contributed by atoms with Gasteiger partial charge in [-0.15, -0.1) is 0 Å². The van der Waals surface area contributed by atoms with Crippen molar-refractivity contribution in [3.8, 4) is 0 Å². The Morgan fingerprint density at radius 1 is 1.41 bits per heavy atom. The van der Waals surface area contributed by atoms with E-state index < -0.39 is 0 Å². The van der Waals surface area contributed by atoms with Crippen LogP contribution in [0.5, 0.6) is 0 Å². The largest absolute Gasteiger partial charge is 0.370 e. The third-order valence-corrected chi connectivity index (χ3v) is 5.17. The molecule has 0 spiro atoms. The summed E-state index contributed by atoms with van der Waals surface area (Å²) in [6.45, 7) is 6.91. The van der Waals surface area contributed by atoms with Crippen LogP contribution in [-0.4, -0.2) is 66.5 Å². The minimum Gasteiger partial charge on any atom is -0.370 e. The van der Waals surface area contributed by atoms with Crippen LogP contribution in [0.1, 0.15) is 39.0 Å². The second-order valence-corrected chi connectivity index (χ2v) is 6.88. The van der Waals surface area contributed by atoms with Crippen molar-refractivity contribution in [3.63, 3.8) is 0 Å². The molecule has 0 aromatic rings. The number of nitrogens with two attached hydrogens (primary N) is 1. The highest BCUT2D eigenvalue weighted by molar-refractivity contribution is 5.80. The van der Waals surface area contributed by atoms with Gasteiger partial charge in [0.1, 0.15) is 0 Å². The molecule has 1 aliphatic carbocycles. The van der Waals surface area contributed by atoms with Gasteiger partial charge in [-0.3, -0.25) is 14.7 Å². The molecule has 6 nitrogen and oxygen atoms in total. The van der Waals surface area contributed by atoms with Crippen molar-refractivity contribution in [2.75, 3.05) is 32.7 Å². The maximum atomic E-state index is 11.9. The molecule has 3 N–H and O–H groups in total. The minimum absolute atomic E-state index is 0.304. The second kappa shape index (κ2) is 6.86. The molecule has 3 aliphatic rings. The predicted molar refractivity (Wildman–Crippen MR) is 87.6 cm³/mol. The summed E-state index contributed by atoms with van der Waals surface area (Å²) in [5.41, 5.74) is 5.98. The summed E-state index contributed by atoms with van der Waals surface area (Å²) in [5.74, 6) is 1.17. The number of nitrogens with zero attached hydrogens (tertiary/aromatic N) is 3. The highest BCUT2D eigenvalue weighted by Gasteiger charge is 2.39. The standard InChI is InChI=1S/C16H29N5O/c1-2-20-7-3-4-14(20)10-19-16(17)18-9-12-8-15(22)21(11-12)13-5-6-13/h12-14H,2-11H2,1H3,(H3,17,18,19). The van der Waals surface area contributed by atoms with Crippen LogP contribution in [0.25, 0.3) is 0 Å². The van der Waals surface area contributed by atoms with Gasteiger partial charge in [-0.05, 0) is 38.8 Å². The number of rotatable bonds is 6. The second-order valence-electron chi connectivity index (χ2n) is 6.88.